The first-order chi connectivity index (χ1) is 10.3. The van der Waals surface area contributed by atoms with Crippen LogP contribution in [0.5, 0.6) is 0 Å². The summed E-state index contributed by atoms with van der Waals surface area (Å²) >= 11 is 0. The average Bonchev–Trinajstić information content (AvgIpc) is 2.45. The number of nitrogens with one attached hydrogen (secondary N) is 1. The number of anilines is 1. The van der Waals surface area contributed by atoms with E-state index in [0.717, 1.165) is 0 Å². The van der Waals surface area contributed by atoms with Crippen LogP contribution < -0.4 is 5.32 Å². The lowest BCUT2D eigenvalue weighted by Crippen LogP contribution is -2.27. The second kappa shape index (κ2) is 6.40. The molecule has 0 saturated heterocycles. The lowest BCUT2D eigenvalue weighted by atomic mass is 9.96. The fraction of sp³-hybridized carbons (Fsp3) is 0.222. The minimum absolute atomic E-state index is 0.0985. The second-order valence-electron chi connectivity index (χ2n) is 5.90. The van der Waals surface area contributed by atoms with Crippen LogP contribution >= 0.6 is 0 Å². The van der Waals surface area contributed by atoms with Gasteiger partial charge in [-0.2, -0.15) is 0 Å². The number of pyridine rings is 1. The van der Waals surface area contributed by atoms with Crippen LogP contribution in [0.1, 0.15) is 31.9 Å². The third-order valence-electron chi connectivity index (χ3n) is 2.86. The van der Waals surface area contributed by atoms with Crippen LogP contribution in [0.25, 0.3) is 0 Å². The molecule has 0 atom stereocenters. The van der Waals surface area contributed by atoms with Crippen LogP contribution in [0.15, 0.2) is 42.6 Å². The quantitative estimate of drug-likeness (QED) is 0.817. The molecule has 1 heterocycles. The van der Waals surface area contributed by atoms with Crippen molar-refractivity contribution < 1.29 is 9.18 Å². The summed E-state index contributed by atoms with van der Waals surface area (Å²) in [7, 11) is 0. The van der Waals surface area contributed by atoms with E-state index in [1.54, 1.807) is 30.5 Å². The Morgan fingerprint density at radius 3 is 2.45 bits per heavy atom. The number of rotatable bonds is 1. The van der Waals surface area contributed by atoms with Gasteiger partial charge >= 0.3 is 0 Å². The van der Waals surface area contributed by atoms with Crippen molar-refractivity contribution in [2.45, 2.75) is 20.8 Å². The van der Waals surface area contributed by atoms with E-state index in [-0.39, 0.29) is 11.7 Å². The van der Waals surface area contributed by atoms with Gasteiger partial charge in [-0.15, -0.1) is 0 Å². The first-order valence-corrected chi connectivity index (χ1v) is 6.90. The highest BCUT2D eigenvalue weighted by atomic mass is 19.1. The Labute approximate surface area is 129 Å². The molecule has 1 aromatic heterocycles. The van der Waals surface area contributed by atoms with Gasteiger partial charge < -0.3 is 5.32 Å². The van der Waals surface area contributed by atoms with Crippen molar-refractivity contribution in [1.82, 2.24) is 4.98 Å². The molecule has 1 aromatic carbocycles. The highest BCUT2D eigenvalue weighted by Crippen LogP contribution is 2.16. The topological polar surface area (TPSA) is 42.0 Å². The van der Waals surface area contributed by atoms with Crippen molar-refractivity contribution in [2.75, 3.05) is 5.32 Å². The van der Waals surface area contributed by atoms with E-state index in [2.05, 4.69) is 22.1 Å². The monoisotopic (exact) mass is 296 g/mol. The van der Waals surface area contributed by atoms with Gasteiger partial charge in [0.1, 0.15) is 11.6 Å². The number of aromatic nitrogens is 1. The zero-order chi connectivity index (χ0) is 16.2. The van der Waals surface area contributed by atoms with Crippen molar-refractivity contribution in [3.63, 3.8) is 0 Å². The highest BCUT2D eigenvalue weighted by molar-refractivity contribution is 5.93. The first kappa shape index (κ1) is 15.7. The molecule has 0 radical (unpaired) electrons. The predicted octanol–water partition coefficient (Wildman–Crippen LogP) is 3.61. The van der Waals surface area contributed by atoms with Crippen molar-refractivity contribution in [2.24, 2.45) is 5.41 Å². The first-order valence-electron chi connectivity index (χ1n) is 6.90. The number of halogens is 1. The number of hydrogen-bond acceptors (Lipinski definition) is 2. The Morgan fingerprint density at radius 2 is 1.86 bits per heavy atom. The van der Waals surface area contributed by atoms with E-state index in [1.165, 1.54) is 12.1 Å². The van der Waals surface area contributed by atoms with Crippen LogP contribution in [-0.2, 0) is 4.79 Å². The molecule has 0 aliphatic carbocycles. The molecule has 22 heavy (non-hydrogen) atoms. The number of hydrogen-bond donors (Lipinski definition) is 1. The van der Waals surface area contributed by atoms with Gasteiger partial charge in [0, 0.05) is 22.7 Å². The van der Waals surface area contributed by atoms with Gasteiger partial charge in [-0.25, -0.2) is 9.37 Å². The summed E-state index contributed by atoms with van der Waals surface area (Å²) in [4.78, 5) is 16.0. The van der Waals surface area contributed by atoms with E-state index >= 15 is 0 Å². The zero-order valence-electron chi connectivity index (χ0n) is 12.8. The Bertz CT molecular complexity index is 734. The summed E-state index contributed by atoms with van der Waals surface area (Å²) in [6.07, 6.45) is 1.57. The summed E-state index contributed by atoms with van der Waals surface area (Å²) in [5, 5.41) is 2.74. The number of carbonyl (C=O) groups is 1. The van der Waals surface area contributed by atoms with E-state index in [4.69, 9.17) is 0 Å². The Kier molecular flexibility index (Phi) is 4.57. The number of benzene rings is 1. The standard InChI is InChI=1S/C18H17FN2O/c1-18(2,3)17(22)21-16-10-9-14(12-20-16)8-7-13-5-4-6-15(19)11-13/h4-6,9-12H,1-3H3,(H,20,21,22). The minimum Gasteiger partial charge on any atom is -0.310 e. The molecule has 0 bridgehead atoms. The van der Waals surface area contributed by atoms with E-state index in [1.807, 2.05) is 20.8 Å². The molecule has 1 amide bonds. The fourth-order valence-corrected chi connectivity index (χ4v) is 1.56. The summed E-state index contributed by atoms with van der Waals surface area (Å²) in [6, 6.07) is 9.55. The van der Waals surface area contributed by atoms with Crippen LogP contribution in [0.4, 0.5) is 10.2 Å². The van der Waals surface area contributed by atoms with Crippen LogP contribution in [0, 0.1) is 23.1 Å². The molecule has 2 aromatic rings. The van der Waals surface area contributed by atoms with Crippen molar-refractivity contribution in [3.8, 4) is 11.8 Å². The van der Waals surface area contributed by atoms with Gasteiger partial charge in [0.15, 0.2) is 0 Å². The van der Waals surface area contributed by atoms with Gasteiger partial charge in [0.05, 0.1) is 0 Å². The Hall–Kier alpha value is -2.67. The molecule has 0 aliphatic rings. The molecular weight excluding hydrogens is 279 g/mol. The molecule has 112 valence electrons. The number of amides is 1. The summed E-state index contributed by atoms with van der Waals surface area (Å²) in [6.45, 7) is 5.50. The van der Waals surface area contributed by atoms with Gasteiger partial charge in [0.2, 0.25) is 5.91 Å². The summed E-state index contributed by atoms with van der Waals surface area (Å²) in [5.41, 5.74) is 0.820. The number of nitrogens with zero attached hydrogens (tertiary/aromatic N) is 1. The molecule has 0 saturated carbocycles. The van der Waals surface area contributed by atoms with E-state index in [9.17, 15) is 9.18 Å². The largest absolute Gasteiger partial charge is 0.310 e. The van der Waals surface area contributed by atoms with Gasteiger partial charge in [-0.3, -0.25) is 4.79 Å². The van der Waals surface area contributed by atoms with Crippen molar-refractivity contribution in [3.05, 3.63) is 59.5 Å². The maximum absolute atomic E-state index is 13.0. The summed E-state index contributed by atoms with van der Waals surface area (Å²) in [5.74, 6) is 5.85. The van der Waals surface area contributed by atoms with Crippen LogP contribution in [0.3, 0.4) is 0 Å². The summed E-state index contributed by atoms with van der Waals surface area (Å²) < 4.78 is 13.0. The molecule has 0 spiro atoms. The van der Waals surface area contributed by atoms with Crippen molar-refractivity contribution >= 4 is 11.7 Å². The molecule has 0 fully saturated rings. The molecule has 3 nitrogen and oxygen atoms in total. The molecular formula is C18H17FN2O. The lowest BCUT2D eigenvalue weighted by molar-refractivity contribution is -0.123. The maximum atomic E-state index is 13.0. The fourth-order valence-electron chi connectivity index (χ4n) is 1.56. The Balaban J connectivity index is 2.09. The minimum atomic E-state index is -0.475. The van der Waals surface area contributed by atoms with Gasteiger partial charge in [-0.1, -0.05) is 38.7 Å². The third kappa shape index (κ3) is 4.42. The smallest absolute Gasteiger partial charge is 0.230 e. The zero-order valence-corrected chi connectivity index (χ0v) is 12.8. The van der Waals surface area contributed by atoms with Crippen molar-refractivity contribution in [1.29, 1.82) is 0 Å². The molecule has 0 aliphatic heterocycles. The highest BCUT2D eigenvalue weighted by Gasteiger charge is 2.21. The predicted molar refractivity (Wildman–Crippen MR) is 84.7 cm³/mol. The third-order valence-corrected chi connectivity index (χ3v) is 2.86. The normalized spacial score (nSPS) is 10.5. The van der Waals surface area contributed by atoms with Crippen LogP contribution in [-0.4, -0.2) is 10.9 Å². The van der Waals surface area contributed by atoms with E-state index < -0.39 is 5.41 Å². The molecule has 1 N–H and O–H groups in total. The SMILES string of the molecule is CC(C)(C)C(=O)Nc1ccc(C#Cc2cccc(F)c2)cn1. The maximum Gasteiger partial charge on any atom is 0.230 e. The average molecular weight is 296 g/mol. The van der Waals surface area contributed by atoms with E-state index in [0.29, 0.717) is 16.9 Å². The lowest BCUT2D eigenvalue weighted by Gasteiger charge is -2.16. The molecule has 2 rings (SSSR count). The van der Waals surface area contributed by atoms with Crippen LogP contribution in [0.2, 0.25) is 0 Å². The molecule has 0 unspecified atom stereocenters. The van der Waals surface area contributed by atoms with Gasteiger partial charge in [-0.05, 0) is 30.3 Å². The molecule has 4 heteroatoms. The van der Waals surface area contributed by atoms with Gasteiger partial charge in [0.25, 0.3) is 0 Å². The second-order valence-corrected chi connectivity index (χ2v) is 5.90. The number of carbonyl (C=O) groups excluding carboxylic acids is 1. The Morgan fingerprint density at radius 1 is 1.14 bits per heavy atom.